The van der Waals surface area contributed by atoms with E-state index >= 15 is 14.4 Å². The number of benzene rings is 6. The van der Waals surface area contributed by atoms with Crippen molar-refractivity contribution in [3.63, 3.8) is 0 Å². The van der Waals surface area contributed by atoms with Gasteiger partial charge in [0.1, 0.15) is 47.5 Å². The Bertz CT molecular complexity index is 3750. The Morgan fingerprint density at radius 3 is 1.09 bits per heavy atom. The molecule has 6 aromatic rings. The molecule has 3 amide bonds. The highest BCUT2D eigenvalue weighted by atomic mass is 32.2. The van der Waals surface area contributed by atoms with E-state index in [4.69, 9.17) is 24.9 Å². The molecule has 0 aromatic heterocycles. The Labute approximate surface area is 516 Å². The van der Waals surface area contributed by atoms with Crippen molar-refractivity contribution in [1.29, 1.82) is 0 Å². The zero-order valence-electron chi connectivity index (χ0n) is 45.9. The van der Waals surface area contributed by atoms with Crippen molar-refractivity contribution < 1.29 is 63.9 Å². The molecule has 9 N–H and O–H groups in total. The fraction of sp³-hybridized carbons (Fsp3) is 0.264. The third-order valence-corrected chi connectivity index (χ3v) is 19.6. The highest BCUT2D eigenvalue weighted by Gasteiger charge is 2.47. The van der Waals surface area contributed by atoms with Gasteiger partial charge in [0.15, 0.2) is 0 Å². The third-order valence-electron chi connectivity index (χ3n) is 13.5. The van der Waals surface area contributed by atoms with Gasteiger partial charge >= 0.3 is 0 Å². The quantitative estimate of drug-likeness (QED) is 0.0244. The molecule has 2 heterocycles. The first-order chi connectivity index (χ1) is 41.8. The number of primary sulfonamides is 3. The summed E-state index contributed by atoms with van der Waals surface area (Å²) < 4.78 is 86.7. The van der Waals surface area contributed by atoms with E-state index in [0.29, 0.717) is 20.8 Å². The van der Waals surface area contributed by atoms with Crippen LogP contribution in [0.3, 0.4) is 0 Å². The molecule has 88 heavy (non-hydrogen) atoms. The van der Waals surface area contributed by atoms with Gasteiger partial charge in [0, 0.05) is 63.2 Å². The Kier molecular flexibility index (Phi) is 21.7. The number of nitro groups is 3. The molecule has 35 heteroatoms. The first-order valence-corrected chi connectivity index (χ1v) is 33.7. The van der Waals surface area contributed by atoms with E-state index in [2.05, 4.69) is 16.0 Å². The maximum Gasteiger partial charge on any atom is 0.293 e. The number of ether oxygens (including phenoxy) is 2. The highest BCUT2D eigenvalue weighted by molar-refractivity contribution is 8.00. The van der Waals surface area contributed by atoms with Crippen molar-refractivity contribution >= 4 is 117 Å². The largest absolute Gasteiger partial charge is 0.376 e. The number of nitrogens with zero attached hydrogens (tertiary/aromatic N) is 6. The number of sulfonamides is 3. The predicted octanol–water partition coefficient (Wildman–Crippen LogP) is 4.67. The fourth-order valence-corrected chi connectivity index (χ4v) is 13.7. The van der Waals surface area contributed by atoms with E-state index in [0.717, 1.165) is 88.7 Å². The number of anilines is 3. The smallest absolute Gasteiger partial charge is 0.293 e. The summed E-state index contributed by atoms with van der Waals surface area (Å²) in [6.07, 6.45) is -3.13. The van der Waals surface area contributed by atoms with Gasteiger partial charge in [-0.25, -0.2) is 40.7 Å². The normalized spacial score (nSPS) is 16.5. The molecule has 0 spiro atoms. The zero-order chi connectivity index (χ0) is 63.5. The third kappa shape index (κ3) is 16.8. The maximum absolute atomic E-state index is 16.4. The molecule has 6 aromatic carbocycles. The standard InChI is InChI=1S/C53H56N12O17S6/c54-86(75,76)37-16-19-40(46(26-37)63(69)70)57-43(31-83-34-10-4-1-5-11-34)51(66)60-22-24-81-29-49(60)62(53(68)45(33-85-36-14-8-3-9-15-36)59-42-21-18-39(88(56,79)80)28-48(42)65(73)74)50-30-82-25-23-61(50)52(67)44(32-84-35-12-6-2-7-13-35)58-41-20-17-38(87(55,77)78)27-47(41)64(71)72/h1-21,26-28,43-45,49-50,57-59H,22-25,29-33H2,(H2,54,75,76)(H2,55,77,78)(H2,56,79,80)/t43-,44-,45-,49?,50?/m0/s1. The van der Waals surface area contributed by atoms with Crippen molar-refractivity contribution in [3.05, 3.63) is 176 Å². The van der Waals surface area contributed by atoms with Crippen LogP contribution in [0.25, 0.3) is 0 Å². The van der Waals surface area contributed by atoms with Crippen LogP contribution in [-0.2, 0) is 53.9 Å². The average Bonchev–Trinajstić information content (AvgIpc) is 3.55. The minimum Gasteiger partial charge on any atom is -0.376 e. The molecule has 2 aliphatic heterocycles. The first-order valence-electron chi connectivity index (χ1n) is 26.1. The van der Waals surface area contributed by atoms with E-state index in [1.54, 1.807) is 91.0 Å². The van der Waals surface area contributed by atoms with Crippen LogP contribution in [0.1, 0.15) is 0 Å². The van der Waals surface area contributed by atoms with E-state index in [9.17, 15) is 55.6 Å². The highest BCUT2D eigenvalue weighted by Crippen LogP contribution is 2.35. The number of hydrogen-bond donors (Lipinski definition) is 6. The zero-order valence-corrected chi connectivity index (χ0v) is 50.8. The van der Waals surface area contributed by atoms with Crippen molar-refractivity contribution in [2.75, 3.05) is 72.7 Å². The molecule has 0 saturated carbocycles. The van der Waals surface area contributed by atoms with Gasteiger partial charge in [0.2, 0.25) is 47.8 Å². The van der Waals surface area contributed by atoms with E-state index in [-0.39, 0.29) is 60.6 Å². The molecular formula is C53H56N12O17S6. The molecule has 0 bridgehead atoms. The molecular weight excluding hydrogens is 1270 g/mol. The van der Waals surface area contributed by atoms with Crippen LogP contribution in [-0.4, -0.2) is 160 Å². The monoisotopic (exact) mass is 1320 g/mol. The predicted molar refractivity (Wildman–Crippen MR) is 327 cm³/mol. The van der Waals surface area contributed by atoms with Gasteiger partial charge in [-0.3, -0.25) is 49.6 Å². The minimum atomic E-state index is -4.51. The van der Waals surface area contributed by atoms with Gasteiger partial charge in [-0.15, -0.1) is 35.3 Å². The van der Waals surface area contributed by atoms with Crippen molar-refractivity contribution in [2.24, 2.45) is 15.4 Å². The molecule has 8 rings (SSSR count). The summed E-state index contributed by atoms with van der Waals surface area (Å²) in [5.74, 6) is -3.16. The van der Waals surface area contributed by atoms with Crippen molar-refractivity contribution in [2.45, 2.75) is 59.8 Å². The number of rotatable bonds is 26. The lowest BCUT2D eigenvalue weighted by Gasteiger charge is -2.51. The van der Waals surface area contributed by atoms with Crippen molar-refractivity contribution in [3.8, 4) is 0 Å². The summed E-state index contributed by atoms with van der Waals surface area (Å²) in [6, 6.07) is 29.9. The Balaban J connectivity index is 1.29. The van der Waals surface area contributed by atoms with E-state index < -0.39 is 138 Å². The van der Waals surface area contributed by atoms with Crippen LogP contribution < -0.4 is 31.4 Å². The van der Waals surface area contributed by atoms with Gasteiger partial charge in [0.05, 0.1) is 55.9 Å². The molecule has 0 radical (unpaired) electrons. The number of nitro benzene ring substituents is 3. The van der Waals surface area contributed by atoms with Gasteiger partial charge < -0.3 is 35.2 Å². The van der Waals surface area contributed by atoms with Gasteiger partial charge in [-0.2, -0.15) is 0 Å². The van der Waals surface area contributed by atoms with E-state index in [1.807, 2.05) is 0 Å². The second kappa shape index (κ2) is 28.9. The molecule has 2 saturated heterocycles. The van der Waals surface area contributed by atoms with Gasteiger partial charge in [0.25, 0.3) is 17.1 Å². The second-order valence-corrected chi connectivity index (χ2v) is 27.3. The van der Waals surface area contributed by atoms with Gasteiger partial charge in [-0.1, -0.05) is 54.6 Å². The SMILES string of the molecule is NS(=O)(=O)c1ccc(N[C@@H](CSc2ccccc2)C(=O)N2CCOCC2N(C(=O)[C@H](CSc2ccccc2)Nc2ccc(S(N)(=O)=O)cc2[N+](=O)[O-])C2COCCN2C(=O)[C@H](CSc2ccccc2)Nc2ccc(S(N)(=O)=O)cc2[N+](=O)[O-])c([N+](=O)[O-])c1. The number of thioether (sulfide) groups is 3. The number of carbonyl (C=O) groups is 3. The molecule has 2 fully saturated rings. The molecule has 2 unspecified atom stereocenters. The molecule has 29 nitrogen and oxygen atoms in total. The number of carbonyl (C=O) groups excluding carboxylic acids is 3. The lowest BCUT2D eigenvalue weighted by molar-refractivity contribution is -0.384. The Morgan fingerprint density at radius 1 is 0.500 bits per heavy atom. The molecule has 2 aliphatic rings. The van der Waals surface area contributed by atoms with Crippen LogP contribution in [0.5, 0.6) is 0 Å². The number of hydrogen-bond acceptors (Lipinski definition) is 23. The summed E-state index contributed by atoms with van der Waals surface area (Å²) in [5.41, 5.74) is -3.32. The topological polar surface area (TPSA) is 425 Å². The number of amides is 3. The Morgan fingerprint density at radius 2 is 0.795 bits per heavy atom. The number of morpholine rings is 2. The van der Waals surface area contributed by atoms with E-state index in [1.165, 1.54) is 9.80 Å². The summed E-state index contributed by atoms with van der Waals surface area (Å²) in [4.78, 5) is 87.0. The minimum absolute atomic E-state index is 0.157. The fourth-order valence-electron chi connectivity index (χ4n) is 9.29. The first kappa shape index (κ1) is 66.0. The summed E-state index contributed by atoms with van der Waals surface area (Å²) in [7, 11) is -13.5. The van der Waals surface area contributed by atoms with Crippen LogP contribution in [0.4, 0.5) is 34.1 Å². The number of nitrogens with one attached hydrogen (secondary N) is 3. The summed E-state index contributed by atoms with van der Waals surface area (Å²) in [5, 5.41) is 62.9. The summed E-state index contributed by atoms with van der Waals surface area (Å²) >= 11 is 3.43. The van der Waals surface area contributed by atoms with Crippen molar-refractivity contribution in [1.82, 2.24) is 14.7 Å². The maximum atomic E-state index is 16.4. The molecule has 0 aliphatic carbocycles. The summed E-state index contributed by atoms with van der Waals surface area (Å²) in [6.45, 7) is -1.88. The van der Waals surface area contributed by atoms with Gasteiger partial charge in [-0.05, 0) is 72.8 Å². The van der Waals surface area contributed by atoms with Crippen LogP contribution in [0, 0.1) is 30.3 Å². The molecule has 466 valence electrons. The van der Waals surface area contributed by atoms with Crippen LogP contribution in [0.15, 0.2) is 175 Å². The molecule has 5 atom stereocenters. The number of nitrogens with two attached hydrogens (primary N) is 3. The lowest BCUT2D eigenvalue weighted by atomic mass is 10.1. The van der Waals surface area contributed by atoms with Crippen LogP contribution >= 0.6 is 35.3 Å². The van der Waals surface area contributed by atoms with Crippen LogP contribution in [0.2, 0.25) is 0 Å². The lowest BCUT2D eigenvalue weighted by Crippen LogP contribution is -2.71. The average molecular weight is 1330 g/mol. The second-order valence-electron chi connectivity index (χ2n) is 19.3. The Hall–Kier alpha value is -7.97.